The molecule has 0 N–H and O–H groups in total. The Kier molecular flexibility index (Phi) is 3.33. The number of rotatable bonds is 1. The van der Waals surface area contributed by atoms with Gasteiger partial charge in [-0.3, -0.25) is 0 Å². The van der Waals surface area contributed by atoms with Gasteiger partial charge >= 0.3 is 0 Å². The van der Waals surface area contributed by atoms with Gasteiger partial charge in [0.2, 0.25) is 0 Å². The summed E-state index contributed by atoms with van der Waals surface area (Å²) in [5.41, 5.74) is 0. The normalized spacial score (nSPS) is 11.9. The molecule has 15 heavy (non-hydrogen) atoms. The molecule has 1 aromatic rings. The number of hydrogen-bond donors (Lipinski definition) is 0. The topological polar surface area (TPSA) is 0 Å². The molecule has 5 heteroatoms. The molecule has 0 atom stereocenters. The molecule has 84 valence electrons. The van der Waals surface area contributed by atoms with Crippen LogP contribution in [0.5, 0.6) is 0 Å². The fourth-order valence-corrected chi connectivity index (χ4v) is 1.90. The van der Waals surface area contributed by atoms with Gasteiger partial charge in [-0.15, -0.1) is 11.8 Å². The highest BCUT2D eigenvalue weighted by Gasteiger charge is 2.23. The van der Waals surface area contributed by atoms with Crippen LogP contribution in [0.25, 0.3) is 0 Å². The molecule has 0 fully saturated rings. The lowest BCUT2D eigenvalue weighted by Crippen LogP contribution is -2.09. The van der Waals surface area contributed by atoms with Gasteiger partial charge in [-0.25, -0.2) is 17.6 Å². The molecule has 1 aromatic carbocycles. The minimum absolute atomic E-state index is 0.354. The fourth-order valence-electron chi connectivity index (χ4n) is 0.949. The molecular formula is C10H10F4S. The van der Waals surface area contributed by atoms with E-state index in [0.717, 1.165) is 11.8 Å². The molecule has 0 aliphatic rings. The van der Waals surface area contributed by atoms with Crippen LogP contribution in [0.4, 0.5) is 17.6 Å². The van der Waals surface area contributed by atoms with Crippen molar-refractivity contribution in [1.29, 1.82) is 0 Å². The third-order valence-electron chi connectivity index (χ3n) is 1.48. The van der Waals surface area contributed by atoms with E-state index in [-0.39, 0.29) is 0 Å². The monoisotopic (exact) mass is 238 g/mol. The second-order valence-corrected chi connectivity index (χ2v) is 5.85. The average molecular weight is 238 g/mol. The lowest BCUT2D eigenvalue weighted by atomic mass is 10.3. The van der Waals surface area contributed by atoms with E-state index in [1.165, 1.54) is 0 Å². The maximum absolute atomic E-state index is 13.2. The van der Waals surface area contributed by atoms with E-state index < -0.39 is 32.9 Å². The van der Waals surface area contributed by atoms with Gasteiger partial charge in [0.05, 0.1) is 4.90 Å². The SMILES string of the molecule is CC(C)(C)Sc1c(F)cc(F)c(F)c1F. The Labute approximate surface area is 89.7 Å². The van der Waals surface area contributed by atoms with Crippen molar-refractivity contribution in [3.63, 3.8) is 0 Å². The molecule has 0 bridgehead atoms. The van der Waals surface area contributed by atoms with Gasteiger partial charge in [-0.1, -0.05) is 20.8 Å². The van der Waals surface area contributed by atoms with E-state index in [4.69, 9.17) is 0 Å². The summed E-state index contributed by atoms with van der Waals surface area (Å²) in [6.45, 7) is 5.16. The third-order valence-corrected chi connectivity index (χ3v) is 2.67. The minimum Gasteiger partial charge on any atom is -0.206 e. The highest BCUT2D eigenvalue weighted by molar-refractivity contribution is 8.00. The Morgan fingerprint density at radius 2 is 1.47 bits per heavy atom. The zero-order valence-corrected chi connectivity index (χ0v) is 9.31. The van der Waals surface area contributed by atoms with Crippen molar-refractivity contribution < 1.29 is 17.6 Å². The summed E-state index contributed by atoms with van der Waals surface area (Å²) in [6, 6.07) is 0.354. The molecule has 0 heterocycles. The highest BCUT2D eigenvalue weighted by Crippen LogP contribution is 2.36. The van der Waals surface area contributed by atoms with Crippen LogP contribution in [0.15, 0.2) is 11.0 Å². The number of thioether (sulfide) groups is 1. The predicted octanol–water partition coefficient (Wildman–Crippen LogP) is 4.13. The fraction of sp³-hybridized carbons (Fsp3) is 0.400. The van der Waals surface area contributed by atoms with E-state index in [1.54, 1.807) is 20.8 Å². The van der Waals surface area contributed by atoms with E-state index in [0.29, 0.717) is 6.07 Å². The average Bonchev–Trinajstić information content (AvgIpc) is 2.07. The van der Waals surface area contributed by atoms with Gasteiger partial charge in [0, 0.05) is 10.8 Å². The van der Waals surface area contributed by atoms with Gasteiger partial charge in [-0.05, 0) is 0 Å². The molecule has 1 rings (SSSR count). The summed E-state index contributed by atoms with van der Waals surface area (Å²) in [7, 11) is 0. The smallest absolute Gasteiger partial charge is 0.195 e. The number of benzene rings is 1. The van der Waals surface area contributed by atoms with Crippen LogP contribution < -0.4 is 0 Å². The molecule has 0 nitrogen and oxygen atoms in total. The third kappa shape index (κ3) is 2.87. The highest BCUT2D eigenvalue weighted by atomic mass is 32.2. The zero-order chi connectivity index (χ0) is 11.8. The van der Waals surface area contributed by atoms with Crippen molar-refractivity contribution in [3.8, 4) is 0 Å². The molecule has 0 radical (unpaired) electrons. The van der Waals surface area contributed by atoms with E-state index in [1.807, 2.05) is 0 Å². The van der Waals surface area contributed by atoms with Crippen LogP contribution in [0, 0.1) is 23.3 Å². The Balaban J connectivity index is 3.24. The van der Waals surface area contributed by atoms with Crippen LogP contribution in [0.3, 0.4) is 0 Å². The van der Waals surface area contributed by atoms with Gasteiger partial charge < -0.3 is 0 Å². The largest absolute Gasteiger partial charge is 0.206 e. The first-order valence-corrected chi connectivity index (χ1v) is 5.06. The molecule has 0 aliphatic carbocycles. The number of hydrogen-bond acceptors (Lipinski definition) is 1. The van der Waals surface area contributed by atoms with Gasteiger partial charge in [0.15, 0.2) is 17.5 Å². The van der Waals surface area contributed by atoms with Crippen LogP contribution >= 0.6 is 11.8 Å². The molecule has 0 unspecified atom stereocenters. The van der Waals surface area contributed by atoms with E-state index in [9.17, 15) is 17.6 Å². The lowest BCUT2D eigenvalue weighted by molar-refractivity contribution is 0.415. The van der Waals surface area contributed by atoms with Crippen LogP contribution in [-0.2, 0) is 0 Å². The standard InChI is InChI=1S/C10H10F4S/c1-10(2,3)15-9-6(12)4-5(11)7(13)8(9)14/h4H,1-3H3. The van der Waals surface area contributed by atoms with E-state index in [2.05, 4.69) is 0 Å². The molecule has 0 spiro atoms. The molecule has 0 aromatic heterocycles. The summed E-state index contributed by atoms with van der Waals surface area (Å²) in [5.74, 6) is -5.69. The molecule has 0 saturated carbocycles. The van der Waals surface area contributed by atoms with Gasteiger partial charge in [0.1, 0.15) is 5.82 Å². The zero-order valence-electron chi connectivity index (χ0n) is 8.50. The Bertz CT molecular complexity index is 382. The Morgan fingerprint density at radius 1 is 0.933 bits per heavy atom. The van der Waals surface area contributed by atoms with Crippen LogP contribution in [-0.4, -0.2) is 4.75 Å². The number of halogens is 4. The van der Waals surface area contributed by atoms with Crippen molar-refractivity contribution in [2.45, 2.75) is 30.4 Å². The first-order chi connectivity index (χ1) is 6.72. The first kappa shape index (κ1) is 12.4. The molecule has 0 saturated heterocycles. The second-order valence-electron chi connectivity index (χ2n) is 4.01. The van der Waals surface area contributed by atoms with Crippen molar-refractivity contribution in [1.82, 2.24) is 0 Å². The van der Waals surface area contributed by atoms with Crippen molar-refractivity contribution in [2.24, 2.45) is 0 Å². The Morgan fingerprint density at radius 3 is 1.93 bits per heavy atom. The molecule has 0 aliphatic heterocycles. The summed E-state index contributed by atoms with van der Waals surface area (Å²) < 4.78 is 51.3. The van der Waals surface area contributed by atoms with Gasteiger partial charge in [0.25, 0.3) is 0 Å². The van der Waals surface area contributed by atoms with Crippen molar-refractivity contribution in [2.75, 3.05) is 0 Å². The van der Waals surface area contributed by atoms with Gasteiger partial charge in [-0.2, -0.15) is 0 Å². The maximum atomic E-state index is 13.2. The predicted molar refractivity (Wildman–Crippen MR) is 51.9 cm³/mol. The summed E-state index contributed by atoms with van der Waals surface area (Å²) >= 11 is 0.820. The quantitative estimate of drug-likeness (QED) is 0.307. The Hall–Kier alpha value is -0.710. The van der Waals surface area contributed by atoms with E-state index >= 15 is 0 Å². The van der Waals surface area contributed by atoms with Crippen molar-refractivity contribution in [3.05, 3.63) is 29.3 Å². The first-order valence-electron chi connectivity index (χ1n) is 4.24. The minimum atomic E-state index is -1.64. The summed E-state index contributed by atoms with van der Waals surface area (Å²) in [6.07, 6.45) is 0. The molecular weight excluding hydrogens is 228 g/mol. The molecule has 0 amide bonds. The van der Waals surface area contributed by atoms with Crippen LogP contribution in [0.1, 0.15) is 20.8 Å². The summed E-state index contributed by atoms with van der Waals surface area (Å²) in [5, 5.41) is 0. The maximum Gasteiger partial charge on any atom is 0.195 e. The lowest BCUT2D eigenvalue weighted by Gasteiger charge is -2.18. The van der Waals surface area contributed by atoms with Crippen molar-refractivity contribution >= 4 is 11.8 Å². The summed E-state index contributed by atoms with van der Waals surface area (Å²) in [4.78, 5) is -0.485. The second kappa shape index (κ2) is 4.04. The van der Waals surface area contributed by atoms with Crippen LogP contribution in [0.2, 0.25) is 0 Å².